The van der Waals surface area contributed by atoms with Crippen LogP contribution in [0.25, 0.3) is 32.7 Å². The van der Waals surface area contributed by atoms with Gasteiger partial charge in [-0.3, -0.25) is 9.36 Å². The zero-order valence-corrected chi connectivity index (χ0v) is 17.8. The van der Waals surface area contributed by atoms with Crippen LogP contribution in [-0.4, -0.2) is 26.3 Å². The van der Waals surface area contributed by atoms with Gasteiger partial charge < -0.3 is 9.26 Å². The maximum atomic E-state index is 13.3. The molecule has 0 radical (unpaired) electrons. The standard InChI is InChI=1S/C23H17FN4O3S/c1-2-30-18-6-4-3-5-16(18)21-26-19(31-27-21)11-28-13-25-22-20(23(28)29)17(12-32-22)14-7-9-15(24)10-8-14/h3-10,12-13H,2,11H2,1H3. The third-order valence-electron chi connectivity index (χ3n) is 4.92. The Morgan fingerprint density at radius 3 is 2.75 bits per heavy atom. The Hall–Kier alpha value is -3.85. The Morgan fingerprint density at radius 2 is 1.94 bits per heavy atom. The average molecular weight is 448 g/mol. The second-order valence-electron chi connectivity index (χ2n) is 6.95. The maximum absolute atomic E-state index is 13.3. The number of para-hydroxylation sites is 1. The quantitative estimate of drug-likeness (QED) is 0.372. The van der Waals surface area contributed by atoms with Crippen molar-refractivity contribution in [3.05, 3.63) is 82.3 Å². The third kappa shape index (κ3) is 3.67. The van der Waals surface area contributed by atoms with E-state index >= 15 is 0 Å². The Morgan fingerprint density at radius 1 is 1.12 bits per heavy atom. The number of aromatic nitrogens is 4. The summed E-state index contributed by atoms with van der Waals surface area (Å²) < 4.78 is 25.8. The van der Waals surface area contributed by atoms with Gasteiger partial charge in [0.25, 0.3) is 5.56 Å². The number of hydrogen-bond acceptors (Lipinski definition) is 7. The third-order valence-corrected chi connectivity index (χ3v) is 5.80. The fraction of sp³-hybridized carbons (Fsp3) is 0.130. The number of halogens is 1. The summed E-state index contributed by atoms with van der Waals surface area (Å²) in [5, 5.41) is 6.38. The molecule has 5 aromatic rings. The van der Waals surface area contributed by atoms with E-state index in [2.05, 4.69) is 15.1 Å². The summed E-state index contributed by atoms with van der Waals surface area (Å²) in [4.78, 5) is 22.7. The van der Waals surface area contributed by atoms with Gasteiger partial charge in [0.05, 0.1) is 23.9 Å². The van der Waals surface area contributed by atoms with Crippen molar-refractivity contribution in [3.8, 4) is 28.3 Å². The lowest BCUT2D eigenvalue weighted by Crippen LogP contribution is -2.21. The molecule has 0 aliphatic rings. The first-order chi connectivity index (χ1) is 15.6. The van der Waals surface area contributed by atoms with Crippen LogP contribution in [-0.2, 0) is 6.54 Å². The van der Waals surface area contributed by atoms with Crippen LogP contribution in [0.4, 0.5) is 4.39 Å². The maximum Gasteiger partial charge on any atom is 0.263 e. The average Bonchev–Trinajstić information content (AvgIpc) is 3.45. The van der Waals surface area contributed by atoms with Crippen molar-refractivity contribution in [1.82, 2.24) is 19.7 Å². The van der Waals surface area contributed by atoms with Crippen molar-refractivity contribution < 1.29 is 13.7 Å². The van der Waals surface area contributed by atoms with Gasteiger partial charge in [-0.25, -0.2) is 9.37 Å². The monoisotopic (exact) mass is 448 g/mol. The number of hydrogen-bond donors (Lipinski definition) is 0. The minimum Gasteiger partial charge on any atom is -0.493 e. The highest BCUT2D eigenvalue weighted by molar-refractivity contribution is 7.17. The minimum atomic E-state index is -0.332. The molecule has 5 rings (SSSR count). The van der Waals surface area contributed by atoms with Crippen molar-refractivity contribution in [2.75, 3.05) is 6.61 Å². The molecule has 9 heteroatoms. The number of ether oxygens (including phenoxy) is 1. The number of thiophene rings is 1. The normalized spacial score (nSPS) is 11.2. The van der Waals surface area contributed by atoms with E-state index in [0.29, 0.717) is 39.5 Å². The van der Waals surface area contributed by atoms with E-state index in [1.54, 1.807) is 12.1 Å². The molecule has 0 atom stereocenters. The molecule has 0 aliphatic carbocycles. The zero-order valence-electron chi connectivity index (χ0n) is 17.0. The van der Waals surface area contributed by atoms with Crippen LogP contribution in [0.15, 0.2) is 69.6 Å². The van der Waals surface area contributed by atoms with Gasteiger partial charge in [0.1, 0.15) is 22.9 Å². The van der Waals surface area contributed by atoms with E-state index in [9.17, 15) is 9.18 Å². The van der Waals surface area contributed by atoms with E-state index in [-0.39, 0.29) is 23.8 Å². The molecule has 0 spiro atoms. The van der Waals surface area contributed by atoms with E-state index in [1.807, 2.05) is 36.6 Å². The van der Waals surface area contributed by atoms with Crippen LogP contribution in [0.2, 0.25) is 0 Å². The van der Waals surface area contributed by atoms with Gasteiger partial charge in [-0.15, -0.1) is 11.3 Å². The first-order valence-corrected chi connectivity index (χ1v) is 10.8. The second-order valence-corrected chi connectivity index (χ2v) is 7.81. The van der Waals surface area contributed by atoms with Gasteiger partial charge >= 0.3 is 0 Å². The topological polar surface area (TPSA) is 83.0 Å². The summed E-state index contributed by atoms with van der Waals surface area (Å²) >= 11 is 1.37. The number of nitrogens with zero attached hydrogens (tertiary/aromatic N) is 4. The molecule has 32 heavy (non-hydrogen) atoms. The Bertz CT molecular complexity index is 1460. The van der Waals surface area contributed by atoms with Gasteiger partial charge in [0, 0.05) is 10.9 Å². The fourth-order valence-corrected chi connectivity index (χ4v) is 4.34. The lowest BCUT2D eigenvalue weighted by atomic mass is 10.1. The lowest BCUT2D eigenvalue weighted by molar-refractivity contribution is 0.340. The van der Waals surface area contributed by atoms with E-state index < -0.39 is 0 Å². The highest BCUT2D eigenvalue weighted by Crippen LogP contribution is 2.31. The van der Waals surface area contributed by atoms with Crippen molar-refractivity contribution in [2.45, 2.75) is 13.5 Å². The molecule has 0 saturated carbocycles. The van der Waals surface area contributed by atoms with Gasteiger partial charge in [-0.05, 0) is 36.8 Å². The minimum absolute atomic E-state index is 0.0737. The molecule has 3 heterocycles. The highest BCUT2D eigenvalue weighted by atomic mass is 32.1. The van der Waals surface area contributed by atoms with Crippen LogP contribution in [0.3, 0.4) is 0 Å². The molecule has 0 aliphatic heterocycles. The lowest BCUT2D eigenvalue weighted by Gasteiger charge is -2.06. The molecule has 0 amide bonds. The molecule has 160 valence electrons. The summed E-state index contributed by atoms with van der Waals surface area (Å²) in [6, 6.07) is 13.5. The van der Waals surface area contributed by atoms with Crippen LogP contribution in [0.1, 0.15) is 12.8 Å². The summed E-state index contributed by atoms with van der Waals surface area (Å²) in [5.74, 6) is 0.980. The van der Waals surface area contributed by atoms with Crippen molar-refractivity contribution in [3.63, 3.8) is 0 Å². The Balaban J connectivity index is 1.49. The van der Waals surface area contributed by atoms with Crippen molar-refractivity contribution >= 4 is 21.6 Å². The molecule has 0 saturated heterocycles. The van der Waals surface area contributed by atoms with E-state index in [1.165, 1.54) is 34.4 Å². The fourth-order valence-electron chi connectivity index (χ4n) is 3.43. The SMILES string of the molecule is CCOc1ccccc1-c1noc(Cn2cnc3scc(-c4ccc(F)cc4)c3c2=O)n1. The highest BCUT2D eigenvalue weighted by Gasteiger charge is 2.17. The van der Waals surface area contributed by atoms with E-state index in [4.69, 9.17) is 9.26 Å². The zero-order chi connectivity index (χ0) is 22.1. The molecule has 3 aromatic heterocycles. The van der Waals surface area contributed by atoms with Crippen LogP contribution >= 0.6 is 11.3 Å². The molecule has 0 bridgehead atoms. The summed E-state index contributed by atoms with van der Waals surface area (Å²) in [6.07, 6.45) is 1.47. The molecule has 0 fully saturated rings. The molecule has 2 aromatic carbocycles. The second kappa shape index (κ2) is 8.35. The number of fused-ring (bicyclic) bond motifs is 1. The van der Waals surface area contributed by atoms with Crippen LogP contribution in [0, 0.1) is 5.82 Å². The van der Waals surface area contributed by atoms with Crippen molar-refractivity contribution in [2.24, 2.45) is 0 Å². The first-order valence-electron chi connectivity index (χ1n) is 9.91. The number of rotatable bonds is 6. The predicted molar refractivity (Wildman–Crippen MR) is 119 cm³/mol. The smallest absolute Gasteiger partial charge is 0.263 e. The Kier molecular flexibility index (Phi) is 5.24. The molecule has 7 nitrogen and oxygen atoms in total. The molecule has 0 unspecified atom stereocenters. The van der Waals surface area contributed by atoms with Crippen molar-refractivity contribution in [1.29, 1.82) is 0 Å². The molecule has 0 N–H and O–H groups in total. The summed E-state index contributed by atoms with van der Waals surface area (Å²) in [5.41, 5.74) is 1.95. The predicted octanol–water partition coefficient (Wildman–Crippen LogP) is 4.76. The van der Waals surface area contributed by atoms with Gasteiger partial charge in [0.15, 0.2) is 0 Å². The van der Waals surface area contributed by atoms with E-state index in [0.717, 1.165) is 5.56 Å². The van der Waals surface area contributed by atoms with Crippen LogP contribution in [0.5, 0.6) is 5.75 Å². The molecular weight excluding hydrogens is 431 g/mol. The molecular formula is C23H17FN4O3S. The number of benzene rings is 2. The largest absolute Gasteiger partial charge is 0.493 e. The summed E-state index contributed by atoms with van der Waals surface area (Å²) in [7, 11) is 0. The van der Waals surface area contributed by atoms with Gasteiger partial charge in [-0.1, -0.05) is 29.4 Å². The van der Waals surface area contributed by atoms with Crippen LogP contribution < -0.4 is 10.3 Å². The van der Waals surface area contributed by atoms with Gasteiger partial charge in [0.2, 0.25) is 11.7 Å². The first kappa shape index (κ1) is 20.1. The summed E-state index contributed by atoms with van der Waals surface area (Å²) in [6.45, 7) is 2.49. The Labute approximate surface area is 185 Å². The van der Waals surface area contributed by atoms with Gasteiger partial charge in [-0.2, -0.15) is 4.98 Å².